The molecule has 4 rings (SSSR count). The van der Waals surface area contributed by atoms with Gasteiger partial charge in [-0.15, -0.1) is 0 Å². The van der Waals surface area contributed by atoms with E-state index in [1.54, 1.807) is 0 Å². The number of thioether (sulfide) groups is 1. The second kappa shape index (κ2) is 5.31. The molecule has 4 aliphatic rings. The molecule has 1 aliphatic heterocycles. The maximum Gasteiger partial charge on any atom is 0.156 e. The molecule has 3 saturated carbocycles. The summed E-state index contributed by atoms with van der Waals surface area (Å²) < 4.78 is 0. The van der Waals surface area contributed by atoms with E-state index in [4.69, 9.17) is 4.99 Å². The second-order valence-electron chi connectivity index (χ2n) is 7.09. The summed E-state index contributed by atoms with van der Waals surface area (Å²) in [7, 11) is 0. The second-order valence-corrected chi connectivity index (χ2v) is 8.10. The van der Waals surface area contributed by atoms with Crippen molar-refractivity contribution in [2.75, 3.05) is 12.3 Å². The minimum Gasteiger partial charge on any atom is -0.362 e. The van der Waals surface area contributed by atoms with Gasteiger partial charge in [0.05, 0.1) is 0 Å². The lowest BCUT2D eigenvalue weighted by Crippen LogP contribution is -2.46. The summed E-state index contributed by atoms with van der Waals surface area (Å²) in [6, 6.07) is 0.744. The molecule has 2 atom stereocenters. The van der Waals surface area contributed by atoms with Gasteiger partial charge in [0.2, 0.25) is 0 Å². The molecule has 4 fully saturated rings. The zero-order valence-electron chi connectivity index (χ0n) is 11.8. The molecule has 0 aromatic rings. The van der Waals surface area contributed by atoms with E-state index in [2.05, 4.69) is 5.32 Å². The van der Waals surface area contributed by atoms with Crippen LogP contribution >= 0.6 is 11.8 Å². The summed E-state index contributed by atoms with van der Waals surface area (Å²) in [4.78, 5) is 4.97. The van der Waals surface area contributed by atoms with Crippen LogP contribution in [0.2, 0.25) is 0 Å². The van der Waals surface area contributed by atoms with Crippen LogP contribution in [0.4, 0.5) is 0 Å². The molecule has 1 saturated heterocycles. The van der Waals surface area contributed by atoms with Crippen molar-refractivity contribution in [2.45, 2.75) is 57.4 Å². The van der Waals surface area contributed by atoms with E-state index < -0.39 is 0 Å². The molecule has 1 heterocycles. The topological polar surface area (TPSA) is 24.4 Å². The van der Waals surface area contributed by atoms with E-state index in [0.717, 1.165) is 36.3 Å². The number of hydrogen-bond donors (Lipinski definition) is 1. The van der Waals surface area contributed by atoms with Crippen LogP contribution in [0.15, 0.2) is 4.99 Å². The predicted octanol–water partition coefficient (Wildman–Crippen LogP) is 3.67. The number of nitrogens with zero attached hydrogens (tertiary/aromatic N) is 1. The zero-order chi connectivity index (χ0) is 12.7. The molecule has 0 aromatic heterocycles. The quantitative estimate of drug-likeness (QED) is 0.848. The highest BCUT2D eigenvalue weighted by molar-refractivity contribution is 8.13. The Balaban J connectivity index is 1.34. The fourth-order valence-corrected chi connectivity index (χ4v) is 5.17. The number of hydrogen-bond acceptors (Lipinski definition) is 2. The van der Waals surface area contributed by atoms with Crippen molar-refractivity contribution in [3.63, 3.8) is 0 Å². The Hall–Kier alpha value is -0.180. The number of fused-ring (bicyclic) bond motifs is 1. The van der Waals surface area contributed by atoms with Gasteiger partial charge in [-0.25, -0.2) is 0 Å². The van der Waals surface area contributed by atoms with Crippen molar-refractivity contribution < 1.29 is 0 Å². The number of nitrogens with one attached hydrogen (secondary N) is 1. The first-order valence-corrected chi connectivity index (χ1v) is 9.32. The van der Waals surface area contributed by atoms with Crippen molar-refractivity contribution in [2.24, 2.45) is 28.7 Å². The van der Waals surface area contributed by atoms with E-state index in [-0.39, 0.29) is 0 Å². The fraction of sp³-hybridized carbons (Fsp3) is 0.938. The molecule has 0 aromatic carbocycles. The first kappa shape index (κ1) is 12.6. The largest absolute Gasteiger partial charge is 0.362 e. The molecule has 0 radical (unpaired) electrons. The lowest BCUT2D eigenvalue weighted by atomic mass is 9.86. The molecule has 2 nitrogen and oxygen atoms in total. The first-order chi connectivity index (χ1) is 9.40. The van der Waals surface area contributed by atoms with Gasteiger partial charge in [0.1, 0.15) is 0 Å². The molecule has 19 heavy (non-hydrogen) atoms. The minimum absolute atomic E-state index is 0.744. The monoisotopic (exact) mass is 278 g/mol. The van der Waals surface area contributed by atoms with Gasteiger partial charge in [0.15, 0.2) is 5.17 Å². The number of aliphatic imine (C=N–C) groups is 1. The molecule has 0 amide bonds. The molecule has 0 spiro atoms. The van der Waals surface area contributed by atoms with Gasteiger partial charge in [0, 0.05) is 18.3 Å². The van der Waals surface area contributed by atoms with Gasteiger partial charge < -0.3 is 5.32 Å². The van der Waals surface area contributed by atoms with Gasteiger partial charge in [-0.05, 0) is 62.2 Å². The van der Waals surface area contributed by atoms with Crippen LogP contribution in [0.1, 0.15) is 51.4 Å². The average molecular weight is 278 g/mol. The standard InChI is InChI=1S/C16H26N2S/c1-2-4-15-13(3-1)10-19-16(18-15)17-9-14(11-5-6-11)12-7-8-12/h11-15H,1-10H2,(H,17,18). The van der Waals surface area contributed by atoms with Crippen LogP contribution in [-0.2, 0) is 0 Å². The third-order valence-corrected chi connectivity index (χ3v) is 6.67. The highest BCUT2D eigenvalue weighted by atomic mass is 32.2. The van der Waals surface area contributed by atoms with Gasteiger partial charge in [-0.3, -0.25) is 4.99 Å². The molecule has 106 valence electrons. The predicted molar refractivity (Wildman–Crippen MR) is 82.6 cm³/mol. The van der Waals surface area contributed by atoms with Crippen LogP contribution in [0.25, 0.3) is 0 Å². The summed E-state index contributed by atoms with van der Waals surface area (Å²) in [5.41, 5.74) is 0. The van der Waals surface area contributed by atoms with Crippen LogP contribution in [0.5, 0.6) is 0 Å². The van der Waals surface area contributed by atoms with E-state index in [1.807, 2.05) is 11.8 Å². The van der Waals surface area contributed by atoms with Gasteiger partial charge >= 0.3 is 0 Å². The smallest absolute Gasteiger partial charge is 0.156 e. The third-order valence-electron chi connectivity index (χ3n) is 5.55. The van der Waals surface area contributed by atoms with Crippen LogP contribution in [-0.4, -0.2) is 23.5 Å². The Morgan fingerprint density at radius 2 is 1.79 bits per heavy atom. The van der Waals surface area contributed by atoms with E-state index in [9.17, 15) is 0 Å². The molecule has 0 bridgehead atoms. The Bertz CT molecular complexity index is 348. The molecular weight excluding hydrogens is 252 g/mol. The van der Waals surface area contributed by atoms with Gasteiger partial charge in [0.25, 0.3) is 0 Å². The highest BCUT2D eigenvalue weighted by Gasteiger charge is 2.41. The van der Waals surface area contributed by atoms with Crippen LogP contribution in [0.3, 0.4) is 0 Å². The zero-order valence-corrected chi connectivity index (χ0v) is 12.6. The Kier molecular flexibility index (Phi) is 3.51. The van der Waals surface area contributed by atoms with Gasteiger partial charge in [-0.1, -0.05) is 24.6 Å². The number of amidine groups is 1. The maximum atomic E-state index is 4.97. The lowest BCUT2D eigenvalue weighted by Gasteiger charge is -2.37. The Morgan fingerprint density at radius 3 is 2.53 bits per heavy atom. The molecule has 1 N–H and O–H groups in total. The Morgan fingerprint density at radius 1 is 1.05 bits per heavy atom. The van der Waals surface area contributed by atoms with Crippen LogP contribution < -0.4 is 5.32 Å². The lowest BCUT2D eigenvalue weighted by molar-refractivity contribution is 0.310. The normalized spacial score (nSPS) is 37.2. The van der Waals surface area contributed by atoms with Crippen molar-refractivity contribution in [1.82, 2.24) is 5.32 Å². The molecule has 2 unspecified atom stereocenters. The Labute approximate surface area is 121 Å². The summed E-state index contributed by atoms with van der Waals surface area (Å²) in [6.45, 7) is 1.11. The number of rotatable bonds is 4. The summed E-state index contributed by atoms with van der Waals surface area (Å²) in [5.74, 6) is 5.23. The maximum absolute atomic E-state index is 4.97. The van der Waals surface area contributed by atoms with E-state index in [0.29, 0.717) is 0 Å². The third kappa shape index (κ3) is 2.96. The van der Waals surface area contributed by atoms with E-state index >= 15 is 0 Å². The van der Waals surface area contributed by atoms with Crippen LogP contribution in [0, 0.1) is 23.7 Å². The highest BCUT2D eigenvalue weighted by Crippen LogP contribution is 2.49. The van der Waals surface area contributed by atoms with Crippen molar-refractivity contribution >= 4 is 16.9 Å². The molecule has 3 aliphatic carbocycles. The van der Waals surface area contributed by atoms with Gasteiger partial charge in [-0.2, -0.15) is 0 Å². The SMILES string of the molecule is C1CCC2NC(=NCC(C3CC3)C3CC3)SCC2C1. The van der Waals surface area contributed by atoms with E-state index in [1.165, 1.54) is 62.3 Å². The average Bonchev–Trinajstić information content (AvgIpc) is 3.32. The molecular formula is C16H26N2S. The minimum atomic E-state index is 0.744. The van der Waals surface area contributed by atoms with Crippen molar-refractivity contribution in [3.8, 4) is 0 Å². The summed E-state index contributed by atoms with van der Waals surface area (Å²) in [6.07, 6.45) is 11.6. The molecule has 3 heteroatoms. The van der Waals surface area contributed by atoms with Crippen molar-refractivity contribution in [3.05, 3.63) is 0 Å². The first-order valence-electron chi connectivity index (χ1n) is 8.34. The summed E-state index contributed by atoms with van der Waals surface area (Å²) >= 11 is 1.99. The fourth-order valence-electron chi connectivity index (χ4n) is 3.99. The van der Waals surface area contributed by atoms with Crippen molar-refractivity contribution in [1.29, 1.82) is 0 Å². The summed E-state index contributed by atoms with van der Waals surface area (Å²) in [5, 5.41) is 5.02.